The summed E-state index contributed by atoms with van der Waals surface area (Å²) in [6, 6.07) is 6.19. The van der Waals surface area contributed by atoms with E-state index in [1.807, 2.05) is 0 Å². The maximum Gasteiger partial charge on any atom is 0.295 e. The second-order valence-corrected chi connectivity index (χ2v) is 5.89. The molecule has 1 saturated heterocycles. The number of nitrogens with one attached hydrogen (secondary N) is 1. The Kier molecular flexibility index (Phi) is 5.20. The highest BCUT2D eigenvalue weighted by Gasteiger charge is 2.21. The van der Waals surface area contributed by atoms with Crippen LogP contribution in [0.1, 0.15) is 19.8 Å². The molecule has 1 aliphatic heterocycles. The number of pyridine rings is 1. The zero-order chi connectivity index (χ0) is 17.8. The van der Waals surface area contributed by atoms with Gasteiger partial charge in [-0.05, 0) is 38.0 Å². The number of carbonyl (C=O) groups excluding carboxylic acids is 1. The number of benzene rings is 1. The number of aromatic nitrogens is 1. The van der Waals surface area contributed by atoms with Crippen molar-refractivity contribution in [2.45, 2.75) is 32.0 Å². The first-order valence-corrected chi connectivity index (χ1v) is 8.12. The van der Waals surface area contributed by atoms with Gasteiger partial charge in [-0.25, -0.2) is 4.98 Å². The van der Waals surface area contributed by atoms with Crippen LogP contribution in [0.25, 0.3) is 10.9 Å². The fourth-order valence-electron chi connectivity index (χ4n) is 2.75. The van der Waals surface area contributed by atoms with Gasteiger partial charge < -0.3 is 14.8 Å². The number of amides is 1. The number of rotatable bonds is 6. The molecule has 0 radical (unpaired) electrons. The first-order chi connectivity index (χ1) is 12.1. The predicted octanol–water partition coefficient (Wildman–Crippen LogP) is 2.67. The van der Waals surface area contributed by atoms with Gasteiger partial charge in [0.05, 0.1) is 23.3 Å². The summed E-state index contributed by atoms with van der Waals surface area (Å²) in [7, 11) is 0. The van der Waals surface area contributed by atoms with Gasteiger partial charge in [-0.3, -0.25) is 14.9 Å². The molecule has 2 atom stereocenters. The smallest absolute Gasteiger partial charge is 0.295 e. The number of fused-ring (bicyclic) bond motifs is 1. The van der Waals surface area contributed by atoms with Gasteiger partial charge in [0.2, 0.25) is 0 Å². The highest BCUT2D eigenvalue weighted by molar-refractivity contribution is 6.04. The molecule has 2 heterocycles. The van der Waals surface area contributed by atoms with E-state index >= 15 is 0 Å². The van der Waals surface area contributed by atoms with Crippen molar-refractivity contribution in [2.75, 3.05) is 18.5 Å². The third kappa shape index (κ3) is 3.92. The second kappa shape index (κ2) is 7.54. The SMILES string of the molecule is C[C@H](OC[C@H]1CCCO1)C(=O)Nc1ccc([N+](=O)[O-])c2ncccc12. The Morgan fingerprint density at radius 3 is 3.08 bits per heavy atom. The predicted molar refractivity (Wildman–Crippen MR) is 91.4 cm³/mol. The highest BCUT2D eigenvalue weighted by Crippen LogP contribution is 2.29. The molecule has 1 aromatic heterocycles. The summed E-state index contributed by atoms with van der Waals surface area (Å²) in [6.07, 6.45) is 2.81. The number of hydrogen-bond acceptors (Lipinski definition) is 6. The van der Waals surface area contributed by atoms with Crippen LogP contribution in [0.4, 0.5) is 11.4 Å². The van der Waals surface area contributed by atoms with Crippen molar-refractivity contribution >= 4 is 28.2 Å². The quantitative estimate of drug-likeness (QED) is 0.637. The largest absolute Gasteiger partial charge is 0.376 e. The van der Waals surface area contributed by atoms with Gasteiger partial charge in [0.25, 0.3) is 11.6 Å². The average Bonchev–Trinajstić information content (AvgIpc) is 3.13. The third-order valence-corrected chi connectivity index (χ3v) is 4.13. The maximum atomic E-state index is 12.3. The molecule has 8 nitrogen and oxygen atoms in total. The summed E-state index contributed by atoms with van der Waals surface area (Å²) >= 11 is 0. The van der Waals surface area contributed by atoms with Gasteiger partial charge in [0.1, 0.15) is 11.6 Å². The summed E-state index contributed by atoms with van der Waals surface area (Å²) in [5.41, 5.74) is 0.598. The van der Waals surface area contributed by atoms with Crippen molar-refractivity contribution < 1.29 is 19.2 Å². The molecule has 3 rings (SSSR count). The Labute approximate surface area is 144 Å². The lowest BCUT2D eigenvalue weighted by atomic mass is 10.1. The van der Waals surface area contributed by atoms with Crippen LogP contribution < -0.4 is 5.32 Å². The van der Waals surface area contributed by atoms with Crippen LogP contribution in [-0.4, -0.2) is 41.2 Å². The van der Waals surface area contributed by atoms with Crippen LogP contribution in [0.2, 0.25) is 0 Å². The molecule has 2 aromatic rings. The Morgan fingerprint density at radius 1 is 1.52 bits per heavy atom. The number of carbonyl (C=O) groups is 1. The van der Waals surface area contributed by atoms with Crippen molar-refractivity contribution in [3.63, 3.8) is 0 Å². The number of nitro groups is 1. The lowest BCUT2D eigenvalue weighted by Gasteiger charge is -2.16. The molecule has 1 N–H and O–H groups in total. The zero-order valence-electron chi connectivity index (χ0n) is 13.8. The van der Waals surface area contributed by atoms with Gasteiger partial charge in [-0.15, -0.1) is 0 Å². The van der Waals surface area contributed by atoms with Gasteiger partial charge >= 0.3 is 0 Å². The van der Waals surface area contributed by atoms with Crippen LogP contribution in [-0.2, 0) is 14.3 Å². The van der Waals surface area contributed by atoms with Gasteiger partial charge in [-0.2, -0.15) is 0 Å². The Bertz CT molecular complexity index is 789. The summed E-state index contributed by atoms with van der Waals surface area (Å²) < 4.78 is 11.0. The van der Waals surface area contributed by atoms with E-state index in [4.69, 9.17) is 9.47 Å². The van der Waals surface area contributed by atoms with E-state index in [0.717, 1.165) is 19.4 Å². The summed E-state index contributed by atoms with van der Waals surface area (Å²) in [6.45, 7) is 2.77. The molecule has 1 fully saturated rings. The lowest BCUT2D eigenvalue weighted by molar-refractivity contribution is -0.383. The number of ether oxygens (including phenoxy) is 2. The fraction of sp³-hybridized carbons (Fsp3) is 0.412. The number of hydrogen-bond donors (Lipinski definition) is 1. The summed E-state index contributed by atoms with van der Waals surface area (Å²) in [5.74, 6) is -0.322. The van der Waals surface area contributed by atoms with Gasteiger partial charge in [-0.1, -0.05) is 0 Å². The molecule has 1 aromatic carbocycles. The topological polar surface area (TPSA) is 104 Å². The van der Waals surface area contributed by atoms with Gasteiger partial charge in [0.15, 0.2) is 0 Å². The van der Waals surface area contributed by atoms with Crippen molar-refractivity contribution in [1.82, 2.24) is 4.98 Å². The van der Waals surface area contributed by atoms with E-state index in [-0.39, 0.29) is 23.2 Å². The number of anilines is 1. The Morgan fingerprint density at radius 2 is 2.36 bits per heavy atom. The summed E-state index contributed by atoms with van der Waals surface area (Å²) in [5, 5.41) is 14.4. The molecular weight excluding hydrogens is 326 g/mol. The van der Waals surface area contributed by atoms with Gasteiger partial charge in [0, 0.05) is 24.3 Å². The third-order valence-electron chi connectivity index (χ3n) is 4.13. The average molecular weight is 345 g/mol. The molecular formula is C17H19N3O5. The standard InChI is InChI=1S/C17H19N3O5/c1-11(25-10-12-4-3-9-24-12)17(21)19-14-6-7-15(20(22)23)16-13(14)5-2-8-18-16/h2,5-8,11-12H,3-4,9-10H2,1H3,(H,19,21)/t11-,12+/m0/s1. The van der Waals surface area contributed by atoms with Crippen molar-refractivity contribution in [2.24, 2.45) is 0 Å². The molecule has 1 amide bonds. The minimum Gasteiger partial charge on any atom is -0.376 e. The number of nitrogens with zero attached hydrogens (tertiary/aromatic N) is 2. The first kappa shape index (κ1) is 17.2. The van der Waals surface area contributed by atoms with E-state index in [1.54, 1.807) is 19.1 Å². The molecule has 8 heteroatoms. The second-order valence-electron chi connectivity index (χ2n) is 5.89. The molecule has 0 spiro atoms. The number of nitro benzene ring substituents is 1. The van der Waals surface area contributed by atoms with Crippen molar-refractivity contribution in [3.05, 3.63) is 40.6 Å². The van der Waals surface area contributed by atoms with Crippen LogP contribution in [0, 0.1) is 10.1 Å². The van der Waals surface area contributed by atoms with E-state index < -0.39 is 11.0 Å². The first-order valence-electron chi connectivity index (χ1n) is 8.12. The van der Waals surface area contributed by atoms with E-state index in [2.05, 4.69) is 10.3 Å². The fourth-order valence-corrected chi connectivity index (χ4v) is 2.75. The molecule has 0 aliphatic carbocycles. The highest BCUT2D eigenvalue weighted by atomic mass is 16.6. The van der Waals surface area contributed by atoms with Crippen molar-refractivity contribution in [1.29, 1.82) is 0 Å². The van der Waals surface area contributed by atoms with Crippen molar-refractivity contribution in [3.8, 4) is 0 Å². The summed E-state index contributed by atoms with van der Waals surface area (Å²) in [4.78, 5) is 27.0. The molecule has 0 unspecified atom stereocenters. The lowest BCUT2D eigenvalue weighted by Crippen LogP contribution is -2.30. The maximum absolute atomic E-state index is 12.3. The Hall–Kier alpha value is -2.58. The van der Waals surface area contributed by atoms with Crippen LogP contribution >= 0.6 is 0 Å². The Balaban J connectivity index is 1.72. The van der Waals surface area contributed by atoms with Crippen LogP contribution in [0.5, 0.6) is 0 Å². The molecule has 0 saturated carbocycles. The van der Waals surface area contributed by atoms with E-state index in [1.165, 1.54) is 18.3 Å². The normalized spacial score (nSPS) is 18.2. The molecule has 0 bridgehead atoms. The van der Waals surface area contributed by atoms with Crippen LogP contribution in [0.3, 0.4) is 0 Å². The monoisotopic (exact) mass is 345 g/mol. The zero-order valence-corrected chi connectivity index (χ0v) is 13.8. The van der Waals surface area contributed by atoms with E-state index in [9.17, 15) is 14.9 Å². The molecule has 25 heavy (non-hydrogen) atoms. The minimum absolute atomic E-state index is 0.0413. The minimum atomic E-state index is -0.661. The van der Waals surface area contributed by atoms with Crippen LogP contribution in [0.15, 0.2) is 30.5 Å². The van der Waals surface area contributed by atoms with E-state index in [0.29, 0.717) is 17.7 Å². The number of non-ortho nitro benzene ring substituents is 1. The molecule has 1 aliphatic rings. The molecule has 132 valence electrons.